The third-order valence-electron chi connectivity index (χ3n) is 6.69. The minimum atomic E-state index is -0.346. The molecule has 0 heteroatoms. The first-order chi connectivity index (χ1) is 16.4. The molecular formula is C33H28. The van der Waals surface area contributed by atoms with Crippen LogP contribution in [0.4, 0.5) is 0 Å². The summed E-state index contributed by atoms with van der Waals surface area (Å²) >= 11 is 0. The zero-order chi connectivity index (χ0) is 22.3. The lowest BCUT2D eigenvalue weighted by atomic mass is 9.58. The van der Waals surface area contributed by atoms with E-state index >= 15 is 0 Å². The van der Waals surface area contributed by atoms with Gasteiger partial charge in [0.25, 0.3) is 0 Å². The van der Waals surface area contributed by atoms with E-state index in [1.807, 2.05) is 0 Å². The second-order valence-electron chi connectivity index (χ2n) is 8.56. The maximum absolute atomic E-state index is 2.29. The van der Waals surface area contributed by atoms with Crippen LogP contribution in [0.2, 0.25) is 0 Å². The summed E-state index contributed by atoms with van der Waals surface area (Å²) in [5.41, 5.74) is 6.28. The Morgan fingerprint density at radius 1 is 0.394 bits per heavy atom. The first kappa shape index (κ1) is 21.0. The van der Waals surface area contributed by atoms with Crippen molar-refractivity contribution in [1.82, 2.24) is 0 Å². The van der Waals surface area contributed by atoms with Crippen LogP contribution in [0.1, 0.15) is 33.7 Å². The molecule has 33 heavy (non-hydrogen) atoms. The Balaban J connectivity index is 1.86. The van der Waals surface area contributed by atoms with Crippen LogP contribution >= 0.6 is 0 Å². The van der Waals surface area contributed by atoms with E-state index in [0.29, 0.717) is 0 Å². The van der Waals surface area contributed by atoms with Gasteiger partial charge in [0.05, 0.1) is 5.41 Å². The van der Waals surface area contributed by atoms with Gasteiger partial charge in [0, 0.05) is 5.92 Å². The molecule has 0 amide bonds. The topological polar surface area (TPSA) is 0 Å². The van der Waals surface area contributed by atoms with Crippen LogP contribution in [0.5, 0.6) is 0 Å². The Bertz CT molecular complexity index is 1150. The minimum Gasteiger partial charge on any atom is -0.0622 e. The fourth-order valence-corrected chi connectivity index (χ4v) is 5.26. The van der Waals surface area contributed by atoms with Crippen molar-refractivity contribution >= 4 is 0 Å². The molecule has 0 spiro atoms. The van der Waals surface area contributed by atoms with Gasteiger partial charge >= 0.3 is 0 Å². The third kappa shape index (κ3) is 4.13. The van der Waals surface area contributed by atoms with Crippen molar-refractivity contribution in [3.05, 3.63) is 179 Å². The summed E-state index contributed by atoms with van der Waals surface area (Å²) in [6, 6.07) is 55.0. The van der Waals surface area contributed by atoms with Crippen molar-refractivity contribution < 1.29 is 0 Å². The van der Waals surface area contributed by atoms with Crippen molar-refractivity contribution in [3.63, 3.8) is 0 Å². The monoisotopic (exact) mass is 424 g/mol. The number of hydrogen-bond donors (Lipinski definition) is 0. The SMILES string of the molecule is c1ccc(CC(c2ccccc2)C(c2ccccc2)(c2ccccc2)c2ccccc2)cc1. The average molecular weight is 425 g/mol. The molecule has 0 saturated heterocycles. The molecule has 5 aromatic rings. The molecule has 5 aromatic carbocycles. The molecule has 0 aliphatic carbocycles. The summed E-state index contributed by atoms with van der Waals surface area (Å²) in [7, 11) is 0. The standard InChI is InChI=1S/C33H28/c1-6-16-27(17-7-1)26-32(28-18-8-2-9-19-28)33(29-20-10-3-11-21-29,30-22-12-4-13-23-30)31-24-14-5-15-25-31/h1-25,32H,26H2. The first-order valence-corrected chi connectivity index (χ1v) is 11.6. The fraction of sp³-hybridized carbons (Fsp3) is 0.0909. The van der Waals surface area contributed by atoms with Crippen LogP contribution in [-0.2, 0) is 11.8 Å². The molecule has 0 aliphatic heterocycles. The predicted octanol–water partition coefficient (Wildman–Crippen LogP) is 8.05. The summed E-state index contributed by atoms with van der Waals surface area (Å²) in [6.45, 7) is 0. The Kier molecular flexibility index (Phi) is 6.17. The molecule has 1 atom stereocenters. The normalized spacial score (nSPS) is 12.2. The molecule has 5 rings (SSSR count). The van der Waals surface area contributed by atoms with E-state index in [4.69, 9.17) is 0 Å². The molecule has 0 fully saturated rings. The van der Waals surface area contributed by atoms with E-state index < -0.39 is 0 Å². The van der Waals surface area contributed by atoms with E-state index in [2.05, 4.69) is 152 Å². The van der Waals surface area contributed by atoms with Crippen molar-refractivity contribution in [1.29, 1.82) is 0 Å². The largest absolute Gasteiger partial charge is 0.0622 e. The van der Waals surface area contributed by atoms with E-state index in [-0.39, 0.29) is 11.3 Å². The third-order valence-corrected chi connectivity index (χ3v) is 6.69. The van der Waals surface area contributed by atoms with Crippen molar-refractivity contribution in [2.24, 2.45) is 0 Å². The minimum absolute atomic E-state index is 0.202. The van der Waals surface area contributed by atoms with Gasteiger partial charge in [-0.2, -0.15) is 0 Å². The van der Waals surface area contributed by atoms with Crippen molar-refractivity contribution in [2.45, 2.75) is 17.8 Å². The molecule has 0 aromatic heterocycles. The van der Waals surface area contributed by atoms with Crippen LogP contribution in [0, 0.1) is 0 Å². The first-order valence-electron chi connectivity index (χ1n) is 11.6. The van der Waals surface area contributed by atoms with Crippen LogP contribution in [0.3, 0.4) is 0 Å². The summed E-state index contributed by atoms with van der Waals surface area (Å²) < 4.78 is 0. The van der Waals surface area contributed by atoms with Gasteiger partial charge in [0.1, 0.15) is 0 Å². The zero-order valence-corrected chi connectivity index (χ0v) is 18.7. The maximum Gasteiger partial charge on any atom is 0.0522 e. The predicted molar refractivity (Wildman–Crippen MR) is 139 cm³/mol. The maximum atomic E-state index is 2.29. The Labute approximate surface area is 197 Å². The van der Waals surface area contributed by atoms with Gasteiger partial charge in [-0.25, -0.2) is 0 Å². The van der Waals surface area contributed by atoms with Crippen LogP contribution in [-0.4, -0.2) is 0 Å². The molecule has 0 saturated carbocycles. The molecule has 0 radical (unpaired) electrons. The van der Waals surface area contributed by atoms with Gasteiger partial charge in [-0.15, -0.1) is 0 Å². The molecular weight excluding hydrogens is 396 g/mol. The van der Waals surface area contributed by atoms with E-state index in [1.165, 1.54) is 27.8 Å². The van der Waals surface area contributed by atoms with E-state index in [0.717, 1.165) is 6.42 Å². The highest BCUT2D eigenvalue weighted by atomic mass is 14.5. The quantitative estimate of drug-likeness (QED) is 0.232. The molecule has 0 aliphatic rings. The van der Waals surface area contributed by atoms with Gasteiger partial charge in [0.15, 0.2) is 0 Å². The Morgan fingerprint density at radius 2 is 0.727 bits per heavy atom. The molecule has 0 bridgehead atoms. The van der Waals surface area contributed by atoms with E-state index in [9.17, 15) is 0 Å². The van der Waals surface area contributed by atoms with Crippen molar-refractivity contribution in [3.8, 4) is 0 Å². The average Bonchev–Trinajstić information content (AvgIpc) is 2.91. The zero-order valence-electron chi connectivity index (χ0n) is 18.7. The molecule has 0 N–H and O–H groups in total. The Hall–Kier alpha value is -3.90. The number of benzene rings is 5. The summed E-state index contributed by atoms with van der Waals surface area (Å²) in [4.78, 5) is 0. The summed E-state index contributed by atoms with van der Waals surface area (Å²) in [6.07, 6.45) is 0.934. The second-order valence-corrected chi connectivity index (χ2v) is 8.56. The van der Waals surface area contributed by atoms with Crippen LogP contribution in [0.15, 0.2) is 152 Å². The molecule has 0 nitrogen and oxygen atoms in total. The van der Waals surface area contributed by atoms with Crippen molar-refractivity contribution in [2.75, 3.05) is 0 Å². The lowest BCUT2D eigenvalue weighted by molar-refractivity contribution is 0.475. The number of rotatable bonds is 7. The smallest absolute Gasteiger partial charge is 0.0522 e. The highest BCUT2D eigenvalue weighted by Gasteiger charge is 2.44. The second kappa shape index (κ2) is 9.71. The summed E-state index contributed by atoms with van der Waals surface area (Å²) in [5.74, 6) is 0.202. The fourth-order valence-electron chi connectivity index (χ4n) is 5.26. The van der Waals surface area contributed by atoms with E-state index in [1.54, 1.807) is 0 Å². The highest BCUT2D eigenvalue weighted by Crippen LogP contribution is 2.51. The van der Waals surface area contributed by atoms with Crippen LogP contribution < -0.4 is 0 Å². The molecule has 1 unspecified atom stereocenters. The van der Waals surface area contributed by atoms with Gasteiger partial charge in [-0.1, -0.05) is 152 Å². The van der Waals surface area contributed by atoms with Gasteiger partial charge in [-0.05, 0) is 34.2 Å². The lowest BCUT2D eigenvalue weighted by Crippen LogP contribution is -2.37. The van der Waals surface area contributed by atoms with Gasteiger partial charge < -0.3 is 0 Å². The summed E-state index contributed by atoms with van der Waals surface area (Å²) in [5, 5.41) is 0. The van der Waals surface area contributed by atoms with Gasteiger partial charge in [0.2, 0.25) is 0 Å². The molecule has 160 valence electrons. The Morgan fingerprint density at radius 3 is 1.12 bits per heavy atom. The lowest BCUT2D eigenvalue weighted by Gasteiger charge is -2.43. The highest BCUT2D eigenvalue weighted by molar-refractivity contribution is 5.55. The number of hydrogen-bond acceptors (Lipinski definition) is 0. The van der Waals surface area contributed by atoms with Gasteiger partial charge in [-0.3, -0.25) is 0 Å². The molecule has 0 heterocycles. The van der Waals surface area contributed by atoms with Crippen LogP contribution in [0.25, 0.3) is 0 Å².